The Hall–Kier alpha value is -1.52. The summed E-state index contributed by atoms with van der Waals surface area (Å²) in [6, 6.07) is 7.41. The number of carboxylic acid groups (broad SMARTS) is 1. The normalized spacial score (nSPS) is 10.6. The first-order valence-electron chi connectivity index (χ1n) is 5.72. The molecule has 1 aromatic carbocycles. The van der Waals surface area contributed by atoms with Gasteiger partial charge in [-0.25, -0.2) is 4.68 Å². The van der Waals surface area contributed by atoms with E-state index in [4.69, 9.17) is 28.3 Å². The van der Waals surface area contributed by atoms with Gasteiger partial charge in [0.2, 0.25) is 0 Å². The predicted molar refractivity (Wildman–Crippen MR) is 73.7 cm³/mol. The van der Waals surface area contributed by atoms with Crippen molar-refractivity contribution in [2.24, 2.45) is 0 Å². The fourth-order valence-electron chi connectivity index (χ4n) is 1.69. The predicted octanol–water partition coefficient (Wildman–Crippen LogP) is 3.26. The molecule has 100 valence electrons. The number of benzene rings is 1. The van der Waals surface area contributed by atoms with Crippen LogP contribution in [-0.2, 0) is 17.8 Å². The van der Waals surface area contributed by atoms with Crippen molar-refractivity contribution in [3.63, 3.8) is 0 Å². The second-order valence-corrected chi connectivity index (χ2v) is 4.93. The largest absolute Gasteiger partial charge is 0.481 e. The van der Waals surface area contributed by atoms with Crippen LogP contribution in [-0.4, -0.2) is 20.9 Å². The van der Waals surface area contributed by atoms with Crippen LogP contribution in [0.2, 0.25) is 10.2 Å². The lowest BCUT2D eigenvalue weighted by molar-refractivity contribution is -0.136. The smallest absolute Gasteiger partial charge is 0.303 e. The zero-order valence-corrected chi connectivity index (χ0v) is 11.5. The lowest BCUT2D eigenvalue weighted by Crippen LogP contribution is -2.02. The van der Waals surface area contributed by atoms with Gasteiger partial charge in [-0.1, -0.05) is 35.3 Å². The summed E-state index contributed by atoms with van der Waals surface area (Å²) in [5.41, 5.74) is 1.78. The molecule has 1 aromatic heterocycles. The van der Waals surface area contributed by atoms with Gasteiger partial charge >= 0.3 is 5.97 Å². The third kappa shape index (κ3) is 3.72. The van der Waals surface area contributed by atoms with Crippen molar-refractivity contribution in [3.05, 3.63) is 51.8 Å². The van der Waals surface area contributed by atoms with Crippen LogP contribution in [0.15, 0.2) is 30.5 Å². The van der Waals surface area contributed by atoms with Crippen LogP contribution >= 0.6 is 23.2 Å². The van der Waals surface area contributed by atoms with Crippen LogP contribution in [0.1, 0.15) is 17.5 Å². The zero-order valence-electron chi connectivity index (χ0n) is 10.0. The number of aromatic nitrogens is 2. The molecular weight excluding hydrogens is 287 g/mol. The molecule has 19 heavy (non-hydrogen) atoms. The second kappa shape index (κ2) is 6.08. The van der Waals surface area contributed by atoms with Crippen LogP contribution in [0.25, 0.3) is 0 Å². The number of carbonyl (C=O) groups is 1. The molecule has 0 aliphatic rings. The van der Waals surface area contributed by atoms with Crippen LogP contribution < -0.4 is 0 Å². The van der Waals surface area contributed by atoms with Crippen molar-refractivity contribution in [2.75, 3.05) is 0 Å². The van der Waals surface area contributed by atoms with Crippen LogP contribution in [0.5, 0.6) is 0 Å². The summed E-state index contributed by atoms with van der Waals surface area (Å²) in [5, 5.41) is 14.0. The third-order valence-electron chi connectivity index (χ3n) is 2.70. The minimum Gasteiger partial charge on any atom is -0.481 e. The number of aryl methyl sites for hydroxylation is 1. The summed E-state index contributed by atoms with van der Waals surface area (Å²) in [7, 11) is 0. The molecule has 0 spiro atoms. The number of hydrogen-bond acceptors (Lipinski definition) is 2. The molecule has 0 aliphatic heterocycles. The number of aliphatic carboxylic acids is 1. The van der Waals surface area contributed by atoms with Crippen molar-refractivity contribution >= 4 is 29.2 Å². The van der Waals surface area contributed by atoms with Crippen molar-refractivity contribution < 1.29 is 9.90 Å². The first-order chi connectivity index (χ1) is 9.06. The average Bonchev–Trinajstić information content (AvgIpc) is 2.71. The molecule has 0 radical (unpaired) electrons. The Bertz CT molecular complexity index is 579. The van der Waals surface area contributed by atoms with E-state index in [0.29, 0.717) is 23.1 Å². The van der Waals surface area contributed by atoms with Gasteiger partial charge in [0.1, 0.15) is 5.15 Å². The van der Waals surface area contributed by atoms with E-state index in [1.807, 2.05) is 12.1 Å². The van der Waals surface area contributed by atoms with Gasteiger partial charge in [0.05, 0.1) is 12.7 Å². The molecule has 0 saturated heterocycles. The molecule has 0 amide bonds. The molecule has 2 rings (SSSR count). The molecular formula is C13H12Cl2N2O2. The monoisotopic (exact) mass is 298 g/mol. The Morgan fingerprint density at radius 2 is 1.95 bits per heavy atom. The Balaban J connectivity index is 2.09. The molecule has 0 fully saturated rings. The molecule has 0 atom stereocenters. The van der Waals surface area contributed by atoms with Crippen molar-refractivity contribution in [1.29, 1.82) is 0 Å². The minimum absolute atomic E-state index is 0.0480. The summed E-state index contributed by atoms with van der Waals surface area (Å²) < 4.78 is 1.64. The van der Waals surface area contributed by atoms with Gasteiger partial charge in [-0.2, -0.15) is 5.10 Å². The highest BCUT2D eigenvalue weighted by atomic mass is 35.5. The van der Waals surface area contributed by atoms with Gasteiger partial charge in [0, 0.05) is 17.0 Å². The van der Waals surface area contributed by atoms with E-state index in [0.717, 1.165) is 11.1 Å². The summed E-state index contributed by atoms with van der Waals surface area (Å²) in [6.07, 6.45) is 2.04. The van der Waals surface area contributed by atoms with Gasteiger partial charge in [0.25, 0.3) is 0 Å². The van der Waals surface area contributed by atoms with Gasteiger partial charge in [0.15, 0.2) is 0 Å². The van der Waals surface area contributed by atoms with Crippen molar-refractivity contribution in [2.45, 2.75) is 19.4 Å². The van der Waals surface area contributed by atoms with Gasteiger partial charge in [-0.05, 0) is 24.1 Å². The molecule has 1 heterocycles. The maximum atomic E-state index is 10.5. The van der Waals surface area contributed by atoms with Crippen LogP contribution in [0.3, 0.4) is 0 Å². The molecule has 1 N–H and O–H groups in total. The molecule has 0 aliphatic carbocycles. The van der Waals surface area contributed by atoms with Crippen molar-refractivity contribution in [3.8, 4) is 0 Å². The lowest BCUT2D eigenvalue weighted by atomic mass is 10.2. The van der Waals surface area contributed by atoms with E-state index < -0.39 is 5.97 Å². The van der Waals surface area contributed by atoms with E-state index in [2.05, 4.69) is 5.10 Å². The summed E-state index contributed by atoms with van der Waals surface area (Å²) in [6.45, 7) is 0.531. The maximum Gasteiger partial charge on any atom is 0.303 e. The quantitative estimate of drug-likeness (QED) is 0.922. The minimum atomic E-state index is -0.846. The SMILES string of the molecule is O=C(O)CCc1cnn(Cc2ccc(Cl)cc2)c1Cl. The molecule has 4 nitrogen and oxygen atoms in total. The topological polar surface area (TPSA) is 55.1 Å². The van der Waals surface area contributed by atoms with E-state index in [1.165, 1.54) is 0 Å². The number of hydrogen-bond donors (Lipinski definition) is 1. The van der Waals surface area contributed by atoms with E-state index in [1.54, 1.807) is 23.0 Å². The van der Waals surface area contributed by atoms with Crippen LogP contribution in [0.4, 0.5) is 0 Å². The molecule has 0 saturated carbocycles. The molecule has 0 bridgehead atoms. The lowest BCUT2D eigenvalue weighted by Gasteiger charge is -2.04. The summed E-state index contributed by atoms with van der Waals surface area (Å²) in [4.78, 5) is 10.5. The molecule has 0 unspecified atom stereocenters. The van der Waals surface area contributed by atoms with Crippen LogP contribution in [0, 0.1) is 0 Å². The Kier molecular flexibility index (Phi) is 4.45. The fourth-order valence-corrected chi connectivity index (χ4v) is 2.06. The fraction of sp³-hybridized carbons (Fsp3) is 0.231. The highest BCUT2D eigenvalue weighted by Crippen LogP contribution is 2.19. The molecule has 6 heteroatoms. The molecule has 2 aromatic rings. The summed E-state index contributed by atoms with van der Waals surface area (Å²) >= 11 is 12.0. The Morgan fingerprint density at radius 1 is 1.26 bits per heavy atom. The van der Waals surface area contributed by atoms with E-state index in [9.17, 15) is 4.79 Å². The van der Waals surface area contributed by atoms with Gasteiger partial charge in [-0.15, -0.1) is 0 Å². The Labute approximate surface area is 120 Å². The highest BCUT2D eigenvalue weighted by Gasteiger charge is 2.10. The van der Waals surface area contributed by atoms with Gasteiger partial charge in [-0.3, -0.25) is 4.79 Å². The zero-order chi connectivity index (χ0) is 13.8. The number of halogens is 2. The second-order valence-electron chi connectivity index (χ2n) is 4.14. The first kappa shape index (κ1) is 13.9. The number of nitrogens with zero attached hydrogens (tertiary/aromatic N) is 2. The average molecular weight is 299 g/mol. The van der Waals surface area contributed by atoms with Crippen molar-refractivity contribution in [1.82, 2.24) is 9.78 Å². The number of carboxylic acids is 1. The number of rotatable bonds is 5. The van der Waals surface area contributed by atoms with Gasteiger partial charge < -0.3 is 5.11 Å². The standard InChI is InChI=1S/C13H12Cl2N2O2/c14-11-4-1-9(2-5-11)8-17-13(15)10(7-16-17)3-6-12(18)19/h1-2,4-5,7H,3,6,8H2,(H,18,19). The Morgan fingerprint density at radius 3 is 2.58 bits per heavy atom. The highest BCUT2D eigenvalue weighted by molar-refractivity contribution is 6.30. The maximum absolute atomic E-state index is 10.5. The first-order valence-corrected chi connectivity index (χ1v) is 6.48. The summed E-state index contributed by atoms with van der Waals surface area (Å²) in [5.74, 6) is -0.846. The third-order valence-corrected chi connectivity index (χ3v) is 3.39. The van der Waals surface area contributed by atoms with E-state index >= 15 is 0 Å². The van der Waals surface area contributed by atoms with E-state index in [-0.39, 0.29) is 6.42 Å².